The van der Waals surface area contributed by atoms with Crippen LogP contribution in [0.4, 0.5) is 4.79 Å². The first-order valence-corrected chi connectivity index (χ1v) is 8.63. The van der Waals surface area contributed by atoms with Crippen LogP contribution < -0.4 is 10.6 Å². The summed E-state index contributed by atoms with van der Waals surface area (Å²) in [5, 5.41) is 16.1. The molecule has 1 saturated heterocycles. The maximum atomic E-state index is 12.2. The summed E-state index contributed by atoms with van der Waals surface area (Å²) in [6, 6.07) is 7.91. The molecule has 1 aliphatic heterocycles. The number of rotatable bonds is 5. The van der Waals surface area contributed by atoms with Crippen LogP contribution in [-0.2, 0) is 0 Å². The van der Waals surface area contributed by atoms with Crippen molar-refractivity contribution in [2.24, 2.45) is 0 Å². The molecule has 1 aliphatic carbocycles. The summed E-state index contributed by atoms with van der Waals surface area (Å²) in [7, 11) is 0. The Hall–Kier alpha value is -1.30. The van der Waals surface area contributed by atoms with Crippen LogP contribution in [0.1, 0.15) is 37.8 Å². The zero-order valence-corrected chi connectivity index (χ0v) is 14.1. The summed E-state index contributed by atoms with van der Waals surface area (Å²) in [6.45, 7) is 3.00. The van der Waals surface area contributed by atoms with E-state index in [0.717, 1.165) is 24.6 Å². The minimum atomic E-state index is -0.425. The summed E-state index contributed by atoms with van der Waals surface area (Å²) in [5.74, 6) is 0. The fourth-order valence-electron chi connectivity index (χ4n) is 3.39. The van der Waals surface area contributed by atoms with Gasteiger partial charge in [0.25, 0.3) is 0 Å². The monoisotopic (exact) mass is 337 g/mol. The predicted molar refractivity (Wildman–Crippen MR) is 90.5 cm³/mol. The lowest BCUT2D eigenvalue weighted by molar-refractivity contribution is 0.213. The van der Waals surface area contributed by atoms with Gasteiger partial charge in [-0.2, -0.15) is 0 Å². The minimum Gasteiger partial charge on any atom is -0.394 e. The first-order valence-electron chi connectivity index (χ1n) is 8.26. The second kappa shape index (κ2) is 7.07. The van der Waals surface area contributed by atoms with Gasteiger partial charge in [0.2, 0.25) is 0 Å². The van der Waals surface area contributed by atoms with Gasteiger partial charge in [-0.1, -0.05) is 23.7 Å². The molecule has 1 aromatic carbocycles. The predicted octanol–water partition coefficient (Wildman–Crippen LogP) is 2.30. The van der Waals surface area contributed by atoms with Gasteiger partial charge in [0.05, 0.1) is 12.6 Å². The fourth-order valence-corrected chi connectivity index (χ4v) is 3.52. The number of halogens is 1. The maximum Gasteiger partial charge on any atom is 0.315 e. The highest BCUT2D eigenvalue weighted by Crippen LogP contribution is 2.33. The average Bonchev–Trinajstić information content (AvgIpc) is 3.30. The van der Waals surface area contributed by atoms with E-state index < -0.39 is 6.04 Å². The quantitative estimate of drug-likeness (QED) is 0.772. The van der Waals surface area contributed by atoms with Gasteiger partial charge in [-0.15, -0.1) is 0 Å². The molecular weight excluding hydrogens is 314 g/mol. The van der Waals surface area contributed by atoms with Crippen LogP contribution in [0.2, 0.25) is 5.02 Å². The Morgan fingerprint density at radius 2 is 2.09 bits per heavy atom. The van der Waals surface area contributed by atoms with Crippen molar-refractivity contribution in [2.75, 3.05) is 13.2 Å². The van der Waals surface area contributed by atoms with Crippen LogP contribution in [0.3, 0.4) is 0 Å². The molecule has 23 heavy (non-hydrogen) atoms. The third kappa shape index (κ3) is 4.16. The molecule has 3 N–H and O–H groups in total. The molecule has 0 aromatic heterocycles. The van der Waals surface area contributed by atoms with Gasteiger partial charge in [0.15, 0.2) is 0 Å². The van der Waals surface area contributed by atoms with Gasteiger partial charge < -0.3 is 15.7 Å². The molecular formula is C17H24ClN3O2. The molecule has 2 amide bonds. The summed E-state index contributed by atoms with van der Waals surface area (Å²) in [6.07, 6.45) is 3.55. The summed E-state index contributed by atoms with van der Waals surface area (Å²) < 4.78 is 0. The number of benzene rings is 1. The smallest absolute Gasteiger partial charge is 0.315 e. The van der Waals surface area contributed by atoms with Crippen molar-refractivity contribution < 1.29 is 9.90 Å². The van der Waals surface area contributed by atoms with E-state index in [1.54, 1.807) is 12.1 Å². The van der Waals surface area contributed by atoms with E-state index in [2.05, 4.69) is 22.5 Å². The zero-order valence-electron chi connectivity index (χ0n) is 13.3. The number of aliphatic hydroxyl groups excluding tert-OH is 1. The molecule has 3 unspecified atom stereocenters. The normalized spacial score (nSPS) is 26.0. The van der Waals surface area contributed by atoms with Gasteiger partial charge in [-0.05, 0) is 43.9 Å². The van der Waals surface area contributed by atoms with Crippen molar-refractivity contribution in [3.8, 4) is 0 Å². The number of nitrogens with one attached hydrogen (secondary N) is 2. The Kier molecular flexibility index (Phi) is 5.09. The highest BCUT2D eigenvalue weighted by Gasteiger charge is 2.39. The van der Waals surface area contributed by atoms with E-state index in [1.807, 2.05) is 12.1 Å². The van der Waals surface area contributed by atoms with Crippen LogP contribution in [-0.4, -0.2) is 47.3 Å². The molecule has 3 atom stereocenters. The van der Waals surface area contributed by atoms with E-state index in [0.29, 0.717) is 11.1 Å². The van der Waals surface area contributed by atoms with Gasteiger partial charge in [-0.25, -0.2) is 4.79 Å². The molecule has 5 nitrogen and oxygen atoms in total. The number of carbonyl (C=O) groups is 1. The van der Waals surface area contributed by atoms with E-state index in [1.165, 1.54) is 12.8 Å². The molecule has 6 heteroatoms. The second-order valence-electron chi connectivity index (χ2n) is 6.61. The van der Waals surface area contributed by atoms with Crippen molar-refractivity contribution in [3.63, 3.8) is 0 Å². The van der Waals surface area contributed by atoms with Crippen LogP contribution >= 0.6 is 11.6 Å². The van der Waals surface area contributed by atoms with Crippen molar-refractivity contribution in [3.05, 3.63) is 34.9 Å². The molecule has 0 spiro atoms. The van der Waals surface area contributed by atoms with Crippen LogP contribution in [0.25, 0.3) is 0 Å². The van der Waals surface area contributed by atoms with Crippen molar-refractivity contribution in [1.82, 2.24) is 15.5 Å². The van der Waals surface area contributed by atoms with Gasteiger partial charge in [-0.3, -0.25) is 4.90 Å². The van der Waals surface area contributed by atoms with Crippen LogP contribution in [0, 0.1) is 0 Å². The molecule has 0 bridgehead atoms. The largest absolute Gasteiger partial charge is 0.394 e. The van der Waals surface area contributed by atoms with Gasteiger partial charge in [0.1, 0.15) is 0 Å². The molecule has 1 saturated carbocycles. The second-order valence-corrected chi connectivity index (χ2v) is 7.05. The third-order valence-electron chi connectivity index (χ3n) is 4.73. The lowest BCUT2D eigenvalue weighted by atomic mass is 10.1. The molecule has 0 radical (unpaired) electrons. The third-order valence-corrected chi connectivity index (χ3v) is 4.99. The Morgan fingerprint density at radius 3 is 2.70 bits per heavy atom. The lowest BCUT2D eigenvalue weighted by Gasteiger charge is -2.21. The first kappa shape index (κ1) is 16.6. The van der Waals surface area contributed by atoms with Gasteiger partial charge in [0, 0.05) is 29.7 Å². The van der Waals surface area contributed by atoms with E-state index in [4.69, 9.17) is 11.6 Å². The van der Waals surface area contributed by atoms with E-state index in [-0.39, 0.29) is 18.7 Å². The number of amides is 2. The first-order chi connectivity index (χ1) is 11.1. The van der Waals surface area contributed by atoms with E-state index in [9.17, 15) is 9.90 Å². The van der Waals surface area contributed by atoms with Crippen LogP contribution in [0.5, 0.6) is 0 Å². The molecule has 3 rings (SSSR count). The number of nitrogens with zero attached hydrogens (tertiary/aromatic N) is 1. The summed E-state index contributed by atoms with van der Waals surface area (Å²) in [4.78, 5) is 14.7. The number of aliphatic hydroxyl groups is 1. The van der Waals surface area contributed by atoms with Crippen molar-refractivity contribution in [1.29, 1.82) is 0 Å². The Balaban J connectivity index is 1.52. The Morgan fingerprint density at radius 1 is 1.39 bits per heavy atom. The van der Waals surface area contributed by atoms with Crippen molar-refractivity contribution >= 4 is 17.6 Å². The number of urea groups is 1. The maximum absolute atomic E-state index is 12.2. The average molecular weight is 338 g/mol. The standard InChI is InChI=1S/C17H24ClN3O2/c1-11-8-14(9-21(11)15-6-7-15)19-17(23)20-16(10-22)12-2-4-13(18)5-3-12/h2-5,11,14-16,22H,6-10H2,1H3,(H2,19,20,23). The van der Waals surface area contributed by atoms with Crippen LogP contribution in [0.15, 0.2) is 24.3 Å². The number of carbonyl (C=O) groups excluding carboxylic acids is 1. The Labute approximate surface area is 142 Å². The summed E-state index contributed by atoms with van der Waals surface area (Å²) in [5.41, 5.74) is 0.839. The Bertz CT molecular complexity index is 547. The van der Waals surface area contributed by atoms with Crippen molar-refractivity contribution in [2.45, 2.75) is 50.4 Å². The number of hydrogen-bond donors (Lipinski definition) is 3. The SMILES string of the molecule is CC1CC(NC(=O)NC(CO)c2ccc(Cl)cc2)CN1C1CC1. The minimum absolute atomic E-state index is 0.148. The number of hydrogen-bond acceptors (Lipinski definition) is 3. The van der Waals surface area contributed by atoms with E-state index >= 15 is 0 Å². The highest BCUT2D eigenvalue weighted by atomic mass is 35.5. The fraction of sp³-hybridized carbons (Fsp3) is 0.588. The highest BCUT2D eigenvalue weighted by molar-refractivity contribution is 6.30. The molecule has 1 aromatic rings. The molecule has 2 aliphatic rings. The summed E-state index contributed by atoms with van der Waals surface area (Å²) >= 11 is 5.87. The lowest BCUT2D eigenvalue weighted by Crippen LogP contribution is -2.45. The molecule has 1 heterocycles. The van der Waals surface area contributed by atoms with Gasteiger partial charge >= 0.3 is 6.03 Å². The zero-order chi connectivity index (χ0) is 16.4. The number of likely N-dealkylation sites (tertiary alicyclic amines) is 1. The molecule has 126 valence electrons. The topological polar surface area (TPSA) is 64.6 Å². The molecule has 2 fully saturated rings.